The summed E-state index contributed by atoms with van der Waals surface area (Å²) in [7, 11) is 0. The second-order valence-corrected chi connectivity index (χ2v) is 8.58. The minimum atomic E-state index is -1.77. The fourth-order valence-corrected chi connectivity index (χ4v) is 5.79. The summed E-state index contributed by atoms with van der Waals surface area (Å²) in [5.41, 5.74) is -0.780. The predicted molar refractivity (Wildman–Crippen MR) is 125 cm³/mol. The highest BCUT2D eigenvalue weighted by atomic mass is 32.1. The lowest BCUT2D eigenvalue weighted by atomic mass is 10.1. The molecule has 0 amide bonds. The zero-order valence-corrected chi connectivity index (χ0v) is 17.5. The molecule has 7 heteroatoms. The van der Waals surface area contributed by atoms with Crippen LogP contribution in [-0.4, -0.2) is 4.57 Å². The van der Waals surface area contributed by atoms with Crippen molar-refractivity contribution in [2.75, 3.05) is 0 Å². The van der Waals surface area contributed by atoms with Gasteiger partial charge in [0.2, 0.25) is 5.69 Å². The Balaban J connectivity index is 1.89. The van der Waals surface area contributed by atoms with Crippen LogP contribution in [0.2, 0.25) is 0 Å². The molecule has 0 saturated carbocycles. The van der Waals surface area contributed by atoms with Crippen LogP contribution < -0.4 is 0 Å². The van der Waals surface area contributed by atoms with Crippen LogP contribution in [-0.2, 0) is 0 Å². The van der Waals surface area contributed by atoms with Crippen LogP contribution in [0.5, 0.6) is 0 Å². The van der Waals surface area contributed by atoms with Crippen LogP contribution in [0.1, 0.15) is 5.56 Å². The molecule has 6 aromatic rings. The second kappa shape index (κ2) is 6.83. The quantitative estimate of drug-likeness (QED) is 0.183. The van der Waals surface area contributed by atoms with Crippen LogP contribution in [0.15, 0.2) is 60.7 Å². The number of benzene rings is 4. The van der Waals surface area contributed by atoms with Gasteiger partial charge in [0.25, 0.3) is 0 Å². The number of thiophene rings is 1. The summed E-state index contributed by atoms with van der Waals surface area (Å²) >= 11 is 1.59. The molecule has 0 aliphatic carbocycles. The number of nitriles is 1. The Morgan fingerprint density at radius 1 is 0.818 bits per heavy atom. The van der Waals surface area contributed by atoms with E-state index in [4.69, 9.17) is 6.57 Å². The van der Waals surface area contributed by atoms with Crippen LogP contribution in [0, 0.1) is 35.4 Å². The smallest absolute Gasteiger partial charge is 0.244 e. The first kappa shape index (κ1) is 19.4. The Kier molecular flexibility index (Phi) is 4.01. The topological polar surface area (TPSA) is 33.1 Å². The average molecular weight is 453 g/mol. The molecule has 6 rings (SSSR count). The molecule has 2 aromatic heterocycles. The molecule has 3 nitrogen and oxygen atoms in total. The molecular weight excluding hydrogens is 443 g/mol. The second-order valence-electron chi connectivity index (χ2n) is 7.52. The minimum Gasteiger partial charge on any atom is -0.306 e. The van der Waals surface area contributed by atoms with E-state index >= 15 is 4.39 Å². The predicted octanol–water partition coefficient (Wildman–Crippen LogP) is 7.99. The van der Waals surface area contributed by atoms with Crippen LogP contribution >= 0.6 is 11.3 Å². The summed E-state index contributed by atoms with van der Waals surface area (Å²) in [5.74, 6) is -4.94. The zero-order valence-electron chi connectivity index (χ0n) is 16.7. The van der Waals surface area contributed by atoms with E-state index in [0.717, 1.165) is 30.9 Å². The van der Waals surface area contributed by atoms with Crippen molar-refractivity contribution in [3.8, 4) is 11.8 Å². The Hall–Kier alpha value is -4.33. The van der Waals surface area contributed by atoms with Gasteiger partial charge in [-0.05, 0) is 18.2 Å². The van der Waals surface area contributed by atoms with E-state index in [9.17, 15) is 14.0 Å². The van der Waals surface area contributed by atoms with E-state index in [2.05, 4.69) is 4.85 Å². The van der Waals surface area contributed by atoms with E-state index in [1.54, 1.807) is 35.6 Å². The van der Waals surface area contributed by atoms with Gasteiger partial charge >= 0.3 is 0 Å². The van der Waals surface area contributed by atoms with Gasteiger partial charge in [-0.15, -0.1) is 11.3 Å². The van der Waals surface area contributed by atoms with Crippen molar-refractivity contribution < 1.29 is 13.2 Å². The third-order valence-electron chi connectivity index (χ3n) is 5.90. The summed E-state index contributed by atoms with van der Waals surface area (Å²) in [6, 6.07) is 20.6. The molecule has 0 unspecified atom stereocenters. The molecule has 0 aliphatic rings. The van der Waals surface area contributed by atoms with Crippen molar-refractivity contribution in [3.05, 3.63) is 95.1 Å². The number of halogens is 3. The first-order chi connectivity index (χ1) is 16.1. The highest BCUT2D eigenvalue weighted by Gasteiger charge is 2.29. The summed E-state index contributed by atoms with van der Waals surface area (Å²) in [6.07, 6.45) is 0. The van der Waals surface area contributed by atoms with E-state index in [1.165, 1.54) is 4.57 Å². The lowest BCUT2D eigenvalue weighted by Gasteiger charge is -2.13. The van der Waals surface area contributed by atoms with Gasteiger partial charge in [0.1, 0.15) is 0 Å². The SMILES string of the molecule is [C-]#[N+]c1c(F)c(F)c(F)c(-n2c3ccccc3c3c4sc5ccccc5c4ccc32)c1C#N. The van der Waals surface area contributed by atoms with Gasteiger partial charge in [0.15, 0.2) is 17.5 Å². The van der Waals surface area contributed by atoms with Gasteiger partial charge in [-0.1, -0.05) is 42.5 Å². The van der Waals surface area contributed by atoms with Crippen LogP contribution in [0.4, 0.5) is 18.9 Å². The maximum absolute atomic E-state index is 15.2. The maximum Gasteiger partial charge on any atom is 0.244 e. The van der Waals surface area contributed by atoms with E-state index in [0.29, 0.717) is 11.0 Å². The third kappa shape index (κ3) is 2.43. The largest absolute Gasteiger partial charge is 0.306 e. The van der Waals surface area contributed by atoms with Crippen LogP contribution in [0.25, 0.3) is 52.5 Å². The lowest BCUT2D eigenvalue weighted by molar-refractivity contribution is 0.448. The highest BCUT2D eigenvalue weighted by Crippen LogP contribution is 2.44. The van der Waals surface area contributed by atoms with Crippen molar-refractivity contribution in [2.24, 2.45) is 0 Å². The molecule has 0 spiro atoms. The fourth-order valence-electron chi connectivity index (χ4n) is 4.53. The van der Waals surface area contributed by atoms with Crippen molar-refractivity contribution in [3.63, 3.8) is 0 Å². The monoisotopic (exact) mass is 453 g/mol. The molecule has 0 saturated heterocycles. The van der Waals surface area contributed by atoms with Gasteiger partial charge in [-0.2, -0.15) is 5.26 Å². The third-order valence-corrected chi connectivity index (χ3v) is 7.11. The van der Waals surface area contributed by atoms with Crippen LogP contribution in [0.3, 0.4) is 0 Å². The molecule has 0 fully saturated rings. The summed E-state index contributed by atoms with van der Waals surface area (Å²) in [4.78, 5) is 2.99. The van der Waals surface area contributed by atoms with Gasteiger partial charge in [-0.3, -0.25) is 0 Å². The molecule has 0 bridgehead atoms. The van der Waals surface area contributed by atoms with E-state index in [1.807, 2.05) is 42.5 Å². The number of hydrogen-bond acceptors (Lipinski definition) is 2. The summed E-state index contributed by atoms with van der Waals surface area (Å²) < 4.78 is 47.5. The summed E-state index contributed by atoms with van der Waals surface area (Å²) in [5, 5.41) is 13.4. The Morgan fingerprint density at radius 3 is 2.30 bits per heavy atom. The van der Waals surface area contributed by atoms with Crippen molar-refractivity contribution >= 4 is 59.0 Å². The first-order valence-electron chi connectivity index (χ1n) is 9.88. The molecule has 2 heterocycles. The Morgan fingerprint density at radius 2 is 1.55 bits per heavy atom. The number of hydrogen-bond donors (Lipinski definition) is 0. The van der Waals surface area contributed by atoms with Gasteiger partial charge in [-0.25, -0.2) is 18.0 Å². The molecule has 0 radical (unpaired) electrons. The van der Waals surface area contributed by atoms with Gasteiger partial charge in [0.05, 0.1) is 34.9 Å². The number of fused-ring (bicyclic) bond motifs is 7. The summed E-state index contributed by atoms with van der Waals surface area (Å²) in [6.45, 7) is 7.25. The molecule has 0 atom stereocenters. The number of aromatic nitrogens is 1. The van der Waals surface area contributed by atoms with Crippen molar-refractivity contribution in [1.82, 2.24) is 4.57 Å². The molecule has 0 N–H and O–H groups in total. The lowest BCUT2D eigenvalue weighted by Crippen LogP contribution is -2.06. The normalized spacial score (nSPS) is 11.4. The number of rotatable bonds is 1. The number of nitrogens with zero attached hydrogens (tertiary/aromatic N) is 3. The molecule has 4 aromatic carbocycles. The van der Waals surface area contributed by atoms with Crippen molar-refractivity contribution in [2.45, 2.75) is 0 Å². The van der Waals surface area contributed by atoms with E-state index in [-0.39, 0.29) is 0 Å². The fraction of sp³-hybridized carbons (Fsp3) is 0. The van der Waals surface area contributed by atoms with E-state index < -0.39 is 34.4 Å². The zero-order chi connectivity index (χ0) is 22.9. The minimum absolute atomic E-state index is 0.464. The van der Waals surface area contributed by atoms with Crippen molar-refractivity contribution in [1.29, 1.82) is 5.26 Å². The molecule has 156 valence electrons. The average Bonchev–Trinajstić information content (AvgIpc) is 3.38. The Labute approximate surface area is 188 Å². The molecular formula is C26H10F3N3S. The van der Waals surface area contributed by atoms with Gasteiger partial charge < -0.3 is 4.57 Å². The Bertz CT molecular complexity index is 1880. The number of para-hydroxylation sites is 1. The standard InChI is InChI=1S/C26H10F3N3S/c1-31-24-16(12-30)25(23(29)21(27)22(24)28)32-17-8-4-2-7-15(17)20-18(32)11-10-14-13-6-3-5-9-19(13)33-26(14)20/h2-11H. The highest BCUT2D eigenvalue weighted by molar-refractivity contribution is 7.26. The first-order valence-corrected chi connectivity index (χ1v) is 10.7. The van der Waals surface area contributed by atoms with Gasteiger partial charge in [0, 0.05) is 30.9 Å². The molecule has 33 heavy (non-hydrogen) atoms. The molecule has 0 aliphatic heterocycles. The maximum atomic E-state index is 15.2.